The van der Waals surface area contributed by atoms with Crippen LogP contribution in [0.15, 0.2) is 52.4 Å². The van der Waals surface area contributed by atoms with Gasteiger partial charge < -0.3 is 0 Å². The lowest BCUT2D eigenvalue weighted by Gasteiger charge is -2.02. The van der Waals surface area contributed by atoms with Crippen molar-refractivity contribution in [2.45, 2.75) is 9.79 Å². The van der Waals surface area contributed by atoms with E-state index in [4.69, 9.17) is 5.26 Å². The first kappa shape index (κ1) is 12.1. The number of nitrogens with zero attached hydrogens (tertiary/aromatic N) is 3. The molecule has 0 N–H and O–H groups in total. The third kappa shape index (κ3) is 2.64. The van der Waals surface area contributed by atoms with Gasteiger partial charge >= 0.3 is 0 Å². The van der Waals surface area contributed by atoms with Crippen molar-refractivity contribution in [1.82, 2.24) is 4.98 Å². The SMILES string of the molecule is N#Cc1ncccc1Sc1ccc([N+](=O)[O-])cc1. The summed E-state index contributed by atoms with van der Waals surface area (Å²) < 4.78 is 0. The van der Waals surface area contributed by atoms with Crippen molar-refractivity contribution in [3.8, 4) is 6.07 Å². The first-order valence-electron chi connectivity index (χ1n) is 4.98. The molecular formula is C12H7N3O2S. The number of non-ortho nitro benzene ring substituents is 1. The minimum absolute atomic E-state index is 0.0473. The summed E-state index contributed by atoms with van der Waals surface area (Å²) in [4.78, 5) is 15.6. The van der Waals surface area contributed by atoms with Gasteiger partial charge in [-0.1, -0.05) is 11.8 Å². The highest BCUT2D eigenvalue weighted by Crippen LogP contribution is 2.30. The lowest BCUT2D eigenvalue weighted by atomic mass is 10.3. The Labute approximate surface area is 107 Å². The zero-order valence-corrected chi connectivity index (χ0v) is 9.92. The maximum atomic E-state index is 10.5. The molecule has 1 aromatic carbocycles. The second-order valence-electron chi connectivity index (χ2n) is 3.32. The maximum absolute atomic E-state index is 10.5. The molecule has 1 aromatic heterocycles. The average molecular weight is 257 g/mol. The standard InChI is InChI=1S/C12H7N3O2S/c13-8-11-12(2-1-7-14-11)18-10-5-3-9(4-6-10)15(16)17/h1-7H. The molecule has 0 radical (unpaired) electrons. The van der Waals surface area contributed by atoms with Gasteiger partial charge in [0.05, 0.1) is 4.92 Å². The molecule has 1 heterocycles. The Morgan fingerprint density at radius 2 is 2.00 bits per heavy atom. The molecule has 2 aromatic rings. The van der Waals surface area contributed by atoms with Gasteiger partial charge in [0.1, 0.15) is 6.07 Å². The molecule has 0 aliphatic heterocycles. The van der Waals surface area contributed by atoms with Gasteiger partial charge in [0.2, 0.25) is 0 Å². The summed E-state index contributed by atoms with van der Waals surface area (Å²) in [5.74, 6) is 0. The second-order valence-corrected chi connectivity index (χ2v) is 4.43. The highest BCUT2D eigenvalue weighted by atomic mass is 32.2. The van der Waals surface area contributed by atoms with Crippen LogP contribution in [-0.2, 0) is 0 Å². The summed E-state index contributed by atoms with van der Waals surface area (Å²) >= 11 is 1.35. The number of hydrogen-bond acceptors (Lipinski definition) is 5. The van der Waals surface area contributed by atoms with Gasteiger partial charge in [0, 0.05) is 28.1 Å². The molecule has 0 saturated heterocycles. The minimum Gasteiger partial charge on any atom is -0.258 e. The van der Waals surface area contributed by atoms with Crippen LogP contribution in [0.5, 0.6) is 0 Å². The summed E-state index contributed by atoms with van der Waals surface area (Å²) in [7, 11) is 0. The van der Waals surface area contributed by atoms with Crippen LogP contribution in [0.1, 0.15) is 5.69 Å². The number of aromatic nitrogens is 1. The van der Waals surface area contributed by atoms with Crippen LogP contribution in [0.3, 0.4) is 0 Å². The van der Waals surface area contributed by atoms with Crippen LogP contribution < -0.4 is 0 Å². The van der Waals surface area contributed by atoms with E-state index in [-0.39, 0.29) is 5.69 Å². The third-order valence-electron chi connectivity index (χ3n) is 2.15. The topological polar surface area (TPSA) is 79.8 Å². The van der Waals surface area contributed by atoms with Gasteiger partial charge in [0.15, 0.2) is 5.69 Å². The van der Waals surface area contributed by atoms with E-state index in [0.29, 0.717) is 5.69 Å². The van der Waals surface area contributed by atoms with Crippen LogP contribution in [0.4, 0.5) is 5.69 Å². The van der Waals surface area contributed by atoms with Crippen molar-refractivity contribution in [3.05, 3.63) is 58.4 Å². The molecule has 0 atom stereocenters. The number of rotatable bonds is 3. The van der Waals surface area contributed by atoms with Gasteiger partial charge in [-0.25, -0.2) is 4.98 Å². The molecule has 88 valence electrons. The summed E-state index contributed by atoms with van der Waals surface area (Å²) in [6.07, 6.45) is 1.55. The Morgan fingerprint density at radius 1 is 1.28 bits per heavy atom. The van der Waals surface area contributed by atoms with E-state index in [1.54, 1.807) is 30.5 Å². The Balaban J connectivity index is 2.24. The highest BCUT2D eigenvalue weighted by molar-refractivity contribution is 7.99. The predicted molar refractivity (Wildman–Crippen MR) is 66.2 cm³/mol. The first-order chi connectivity index (χ1) is 8.70. The van der Waals surface area contributed by atoms with Crippen LogP contribution in [-0.4, -0.2) is 9.91 Å². The largest absolute Gasteiger partial charge is 0.269 e. The van der Waals surface area contributed by atoms with E-state index >= 15 is 0 Å². The Hall–Kier alpha value is -2.39. The number of pyridine rings is 1. The fourth-order valence-corrected chi connectivity index (χ4v) is 2.19. The molecule has 5 nitrogen and oxygen atoms in total. The lowest BCUT2D eigenvalue weighted by Crippen LogP contribution is -1.87. The van der Waals surface area contributed by atoms with Crippen molar-refractivity contribution < 1.29 is 4.92 Å². The fraction of sp³-hybridized carbons (Fsp3) is 0. The molecule has 0 aliphatic carbocycles. The van der Waals surface area contributed by atoms with Crippen LogP contribution in [0, 0.1) is 21.4 Å². The second kappa shape index (κ2) is 5.29. The van der Waals surface area contributed by atoms with E-state index in [1.807, 2.05) is 6.07 Å². The number of benzene rings is 1. The molecule has 0 fully saturated rings. The number of hydrogen-bond donors (Lipinski definition) is 0. The van der Waals surface area contributed by atoms with Gasteiger partial charge in [-0.2, -0.15) is 5.26 Å². The van der Waals surface area contributed by atoms with Crippen LogP contribution in [0.2, 0.25) is 0 Å². The fourth-order valence-electron chi connectivity index (χ4n) is 1.32. The smallest absolute Gasteiger partial charge is 0.258 e. The van der Waals surface area contributed by atoms with E-state index in [1.165, 1.54) is 23.9 Å². The molecule has 6 heteroatoms. The molecule has 18 heavy (non-hydrogen) atoms. The number of nitro groups is 1. The molecule has 0 bridgehead atoms. The quantitative estimate of drug-likeness (QED) is 0.623. The van der Waals surface area contributed by atoms with Gasteiger partial charge in [-0.15, -0.1) is 0 Å². The number of nitriles is 1. The van der Waals surface area contributed by atoms with Gasteiger partial charge in [-0.05, 0) is 24.3 Å². The molecule has 0 spiro atoms. The molecule has 0 aliphatic rings. The monoisotopic (exact) mass is 257 g/mol. The predicted octanol–water partition coefficient (Wildman–Crippen LogP) is 3.01. The van der Waals surface area contributed by atoms with Crippen molar-refractivity contribution in [3.63, 3.8) is 0 Å². The molecular weight excluding hydrogens is 250 g/mol. The molecule has 0 saturated carbocycles. The third-order valence-corrected chi connectivity index (χ3v) is 3.21. The van der Waals surface area contributed by atoms with Crippen molar-refractivity contribution >= 4 is 17.4 Å². The van der Waals surface area contributed by atoms with E-state index < -0.39 is 4.92 Å². The summed E-state index contributed by atoms with van der Waals surface area (Å²) in [5.41, 5.74) is 0.395. The van der Waals surface area contributed by atoms with Crippen LogP contribution in [0.25, 0.3) is 0 Å². The molecule has 2 rings (SSSR count). The lowest BCUT2D eigenvalue weighted by molar-refractivity contribution is -0.384. The average Bonchev–Trinajstić information content (AvgIpc) is 2.40. The number of nitro benzene ring substituents is 1. The highest BCUT2D eigenvalue weighted by Gasteiger charge is 2.07. The molecule has 0 amide bonds. The van der Waals surface area contributed by atoms with E-state index in [9.17, 15) is 10.1 Å². The van der Waals surface area contributed by atoms with Crippen LogP contribution >= 0.6 is 11.8 Å². The first-order valence-corrected chi connectivity index (χ1v) is 5.80. The maximum Gasteiger partial charge on any atom is 0.269 e. The molecule has 0 unspecified atom stereocenters. The van der Waals surface area contributed by atoms with E-state index in [0.717, 1.165) is 9.79 Å². The summed E-state index contributed by atoms with van der Waals surface area (Å²) in [6.45, 7) is 0. The van der Waals surface area contributed by atoms with Gasteiger partial charge in [-0.3, -0.25) is 10.1 Å². The summed E-state index contributed by atoms with van der Waals surface area (Å²) in [6, 6.07) is 11.7. The Kier molecular flexibility index (Phi) is 3.55. The van der Waals surface area contributed by atoms with Gasteiger partial charge in [0.25, 0.3) is 5.69 Å². The van der Waals surface area contributed by atoms with Crippen molar-refractivity contribution in [2.75, 3.05) is 0 Å². The van der Waals surface area contributed by atoms with E-state index in [2.05, 4.69) is 4.98 Å². The Morgan fingerprint density at radius 3 is 2.61 bits per heavy atom. The van der Waals surface area contributed by atoms with Crippen molar-refractivity contribution in [2.24, 2.45) is 0 Å². The normalized spacial score (nSPS) is 9.72. The Bertz CT molecular complexity index is 620. The van der Waals surface area contributed by atoms with Crippen molar-refractivity contribution in [1.29, 1.82) is 5.26 Å². The zero-order chi connectivity index (χ0) is 13.0. The zero-order valence-electron chi connectivity index (χ0n) is 9.11. The minimum atomic E-state index is -0.445. The summed E-state index contributed by atoms with van der Waals surface area (Å²) in [5, 5.41) is 19.4.